The zero-order valence-corrected chi connectivity index (χ0v) is 10.2. The lowest BCUT2D eigenvalue weighted by atomic mass is 10.1. The van der Waals surface area contributed by atoms with Crippen molar-refractivity contribution in [3.63, 3.8) is 0 Å². The van der Waals surface area contributed by atoms with Gasteiger partial charge >= 0.3 is 0 Å². The maximum absolute atomic E-state index is 5.64. The van der Waals surface area contributed by atoms with Gasteiger partial charge in [0.25, 0.3) is 5.89 Å². The third-order valence-corrected chi connectivity index (χ3v) is 3.72. The molecule has 0 aliphatic carbocycles. The van der Waals surface area contributed by atoms with Crippen molar-refractivity contribution in [1.29, 1.82) is 0 Å². The molecule has 1 fully saturated rings. The second kappa shape index (κ2) is 4.08. The predicted octanol–water partition coefficient (Wildman–Crippen LogP) is 1.59. The summed E-state index contributed by atoms with van der Waals surface area (Å²) in [6.07, 6.45) is 0.947. The molecular formula is C10H12N4O2S. The fourth-order valence-electron chi connectivity index (χ4n) is 1.85. The van der Waals surface area contributed by atoms with Crippen molar-refractivity contribution >= 4 is 16.5 Å². The lowest BCUT2D eigenvalue weighted by Crippen LogP contribution is -1.99. The quantitative estimate of drug-likeness (QED) is 0.873. The summed E-state index contributed by atoms with van der Waals surface area (Å²) < 4.78 is 10.6. The van der Waals surface area contributed by atoms with Crippen LogP contribution in [0.3, 0.4) is 0 Å². The average Bonchev–Trinajstić information content (AvgIpc) is 2.97. The second-order valence-electron chi connectivity index (χ2n) is 3.98. The predicted molar refractivity (Wildman–Crippen MR) is 62.7 cm³/mol. The molecule has 90 valence electrons. The summed E-state index contributed by atoms with van der Waals surface area (Å²) in [4.78, 5) is 9.38. The van der Waals surface area contributed by atoms with Gasteiger partial charge in [-0.1, -0.05) is 16.5 Å². The van der Waals surface area contributed by atoms with Crippen molar-refractivity contribution < 1.29 is 9.26 Å². The molecule has 17 heavy (non-hydrogen) atoms. The normalized spacial score (nSPS) is 19.9. The van der Waals surface area contributed by atoms with Crippen LogP contribution in [0.1, 0.15) is 23.9 Å². The number of rotatable bonds is 2. The summed E-state index contributed by atoms with van der Waals surface area (Å²) in [7, 11) is 0. The highest BCUT2D eigenvalue weighted by Crippen LogP contribution is 2.31. The van der Waals surface area contributed by atoms with Gasteiger partial charge in [0.15, 0.2) is 11.0 Å². The zero-order valence-electron chi connectivity index (χ0n) is 9.34. The number of aryl methyl sites for hydroxylation is 1. The fourth-order valence-corrected chi connectivity index (χ4v) is 2.60. The van der Waals surface area contributed by atoms with Gasteiger partial charge in [0.05, 0.1) is 12.3 Å². The molecule has 1 unspecified atom stereocenters. The van der Waals surface area contributed by atoms with Gasteiger partial charge in [-0.25, -0.2) is 4.98 Å². The number of nitrogen functional groups attached to an aromatic ring is 1. The number of nitrogens with two attached hydrogens (primary N) is 1. The minimum absolute atomic E-state index is 0.248. The molecule has 0 bridgehead atoms. The van der Waals surface area contributed by atoms with Crippen molar-refractivity contribution in [3.05, 3.63) is 11.5 Å². The molecule has 1 saturated heterocycles. The second-order valence-corrected chi connectivity index (χ2v) is 5.02. The molecule has 3 heterocycles. The van der Waals surface area contributed by atoms with Crippen LogP contribution in [0, 0.1) is 6.92 Å². The molecule has 2 aromatic heterocycles. The van der Waals surface area contributed by atoms with E-state index >= 15 is 0 Å². The smallest absolute Gasteiger partial charge is 0.270 e. The van der Waals surface area contributed by atoms with Crippen molar-refractivity contribution in [3.8, 4) is 10.8 Å². The van der Waals surface area contributed by atoms with Gasteiger partial charge in [-0.05, 0) is 13.3 Å². The third-order valence-electron chi connectivity index (χ3n) is 2.74. The van der Waals surface area contributed by atoms with E-state index in [0.717, 1.165) is 23.6 Å². The van der Waals surface area contributed by atoms with Crippen LogP contribution in [0.25, 0.3) is 10.8 Å². The van der Waals surface area contributed by atoms with Crippen LogP contribution in [0.5, 0.6) is 0 Å². The first-order valence-electron chi connectivity index (χ1n) is 5.38. The SMILES string of the molecule is Cc1nc(N)sc1-c1nc(C2CCOC2)no1. The topological polar surface area (TPSA) is 87.1 Å². The highest BCUT2D eigenvalue weighted by atomic mass is 32.1. The lowest BCUT2D eigenvalue weighted by molar-refractivity contribution is 0.192. The molecule has 1 aliphatic rings. The Morgan fingerprint density at radius 1 is 1.41 bits per heavy atom. The number of hydrogen-bond acceptors (Lipinski definition) is 7. The van der Waals surface area contributed by atoms with Gasteiger partial charge in [0, 0.05) is 12.5 Å². The first-order valence-corrected chi connectivity index (χ1v) is 6.20. The van der Waals surface area contributed by atoms with Crippen molar-refractivity contribution in [1.82, 2.24) is 15.1 Å². The molecule has 7 heteroatoms. The zero-order chi connectivity index (χ0) is 11.8. The first kappa shape index (κ1) is 10.7. The Kier molecular flexibility index (Phi) is 2.56. The van der Waals surface area contributed by atoms with Gasteiger partial charge in [0.2, 0.25) is 0 Å². The number of hydrogen-bond donors (Lipinski definition) is 1. The summed E-state index contributed by atoms with van der Waals surface area (Å²) in [5.74, 6) is 1.46. The minimum atomic E-state index is 0.248. The Morgan fingerprint density at radius 3 is 2.94 bits per heavy atom. The highest BCUT2D eigenvalue weighted by Gasteiger charge is 2.24. The summed E-state index contributed by atoms with van der Waals surface area (Å²) in [5.41, 5.74) is 6.47. The van der Waals surface area contributed by atoms with E-state index in [0.29, 0.717) is 23.5 Å². The highest BCUT2D eigenvalue weighted by molar-refractivity contribution is 7.18. The number of ether oxygens (including phenoxy) is 1. The third kappa shape index (κ3) is 1.91. The molecule has 2 aromatic rings. The molecule has 0 spiro atoms. The molecule has 0 amide bonds. The average molecular weight is 252 g/mol. The lowest BCUT2D eigenvalue weighted by Gasteiger charge is -1.97. The van der Waals surface area contributed by atoms with E-state index in [-0.39, 0.29) is 5.92 Å². The molecule has 1 aliphatic heterocycles. The monoisotopic (exact) mass is 252 g/mol. The Balaban J connectivity index is 1.91. The molecule has 1 atom stereocenters. The Labute approximate surface area is 102 Å². The van der Waals surface area contributed by atoms with Crippen LogP contribution in [0.4, 0.5) is 5.13 Å². The van der Waals surface area contributed by atoms with Crippen LogP contribution < -0.4 is 5.73 Å². The van der Waals surface area contributed by atoms with E-state index in [1.165, 1.54) is 11.3 Å². The Morgan fingerprint density at radius 2 is 2.29 bits per heavy atom. The molecule has 2 N–H and O–H groups in total. The Hall–Kier alpha value is -1.47. The van der Waals surface area contributed by atoms with Crippen LogP contribution in [0.15, 0.2) is 4.52 Å². The molecular weight excluding hydrogens is 240 g/mol. The first-order chi connectivity index (χ1) is 8.24. The van der Waals surface area contributed by atoms with Crippen molar-refractivity contribution in [2.24, 2.45) is 0 Å². The number of thiazole rings is 1. The van der Waals surface area contributed by atoms with E-state index < -0.39 is 0 Å². The largest absolute Gasteiger partial charge is 0.381 e. The maximum Gasteiger partial charge on any atom is 0.270 e. The summed E-state index contributed by atoms with van der Waals surface area (Å²) in [6.45, 7) is 3.31. The summed E-state index contributed by atoms with van der Waals surface area (Å²) in [6, 6.07) is 0. The molecule has 0 saturated carbocycles. The van der Waals surface area contributed by atoms with Crippen LogP contribution in [0.2, 0.25) is 0 Å². The summed E-state index contributed by atoms with van der Waals surface area (Å²) in [5, 5.41) is 4.51. The van der Waals surface area contributed by atoms with Gasteiger partial charge in [-0.3, -0.25) is 0 Å². The number of nitrogens with zero attached hydrogens (tertiary/aromatic N) is 3. The van der Waals surface area contributed by atoms with Crippen molar-refractivity contribution in [2.75, 3.05) is 18.9 Å². The van der Waals surface area contributed by atoms with Crippen molar-refractivity contribution in [2.45, 2.75) is 19.3 Å². The fraction of sp³-hybridized carbons (Fsp3) is 0.500. The van der Waals surface area contributed by atoms with E-state index in [1.54, 1.807) is 0 Å². The maximum atomic E-state index is 5.64. The van der Waals surface area contributed by atoms with E-state index in [2.05, 4.69) is 15.1 Å². The van der Waals surface area contributed by atoms with Crippen LogP contribution >= 0.6 is 11.3 Å². The standard InChI is InChI=1S/C10H12N4O2S/c1-5-7(17-10(11)12-5)9-13-8(14-16-9)6-2-3-15-4-6/h6H,2-4H2,1H3,(H2,11,12). The van der Waals surface area contributed by atoms with E-state index in [9.17, 15) is 0 Å². The number of aromatic nitrogens is 3. The van der Waals surface area contributed by atoms with Crippen LogP contribution in [-0.4, -0.2) is 28.3 Å². The van der Waals surface area contributed by atoms with Crippen LogP contribution in [-0.2, 0) is 4.74 Å². The Bertz CT molecular complexity index is 530. The van der Waals surface area contributed by atoms with Gasteiger partial charge in [-0.15, -0.1) is 0 Å². The van der Waals surface area contributed by atoms with Gasteiger partial charge in [0.1, 0.15) is 4.88 Å². The molecule has 3 rings (SSSR count). The molecule has 6 nitrogen and oxygen atoms in total. The molecule has 0 radical (unpaired) electrons. The van der Waals surface area contributed by atoms with E-state index in [4.69, 9.17) is 15.0 Å². The summed E-state index contributed by atoms with van der Waals surface area (Å²) >= 11 is 1.36. The number of anilines is 1. The van der Waals surface area contributed by atoms with Gasteiger partial charge in [-0.2, -0.15) is 4.98 Å². The molecule has 0 aromatic carbocycles. The van der Waals surface area contributed by atoms with Gasteiger partial charge < -0.3 is 15.0 Å². The minimum Gasteiger partial charge on any atom is -0.381 e. The van der Waals surface area contributed by atoms with E-state index in [1.807, 2.05) is 6.92 Å².